The molecule has 0 N–H and O–H groups in total. The number of hydrogen-bond donors (Lipinski definition) is 0. The van der Waals surface area contributed by atoms with Crippen molar-refractivity contribution in [2.45, 2.75) is 33.4 Å². The van der Waals surface area contributed by atoms with Gasteiger partial charge >= 0.3 is 6.18 Å². The molecule has 1 rings (SSSR count). The zero-order valence-electron chi connectivity index (χ0n) is 8.99. The van der Waals surface area contributed by atoms with E-state index < -0.39 is 12.7 Å². The van der Waals surface area contributed by atoms with Crippen molar-refractivity contribution in [1.82, 2.24) is 4.90 Å². The Bertz CT molecular complexity index is 193. The second-order valence-electron chi connectivity index (χ2n) is 5.20. The zero-order chi connectivity index (χ0) is 11.0. The van der Waals surface area contributed by atoms with E-state index in [9.17, 15) is 13.2 Å². The highest BCUT2D eigenvalue weighted by molar-refractivity contribution is 4.84. The molecule has 0 unspecified atom stereocenters. The van der Waals surface area contributed by atoms with E-state index in [1.54, 1.807) is 0 Å². The van der Waals surface area contributed by atoms with Crippen molar-refractivity contribution in [2.24, 2.45) is 11.3 Å². The molecule has 1 heterocycles. The first-order chi connectivity index (χ1) is 6.18. The smallest absolute Gasteiger partial charge is 0.295 e. The van der Waals surface area contributed by atoms with Gasteiger partial charge in [0.1, 0.15) is 0 Å². The maximum atomic E-state index is 12.1. The van der Waals surface area contributed by atoms with Gasteiger partial charge in [0.05, 0.1) is 6.54 Å². The minimum absolute atomic E-state index is 0.125. The molecule has 0 radical (unpaired) electrons. The van der Waals surface area contributed by atoms with Gasteiger partial charge < -0.3 is 0 Å². The molecule has 0 saturated carbocycles. The molecule has 84 valence electrons. The van der Waals surface area contributed by atoms with E-state index in [1.807, 2.05) is 0 Å². The molecule has 0 aliphatic carbocycles. The predicted molar refractivity (Wildman–Crippen MR) is 50.1 cm³/mol. The Morgan fingerprint density at radius 2 is 1.79 bits per heavy atom. The van der Waals surface area contributed by atoms with E-state index in [-0.39, 0.29) is 5.41 Å². The fourth-order valence-corrected chi connectivity index (χ4v) is 1.94. The lowest BCUT2D eigenvalue weighted by Gasteiger charge is -2.27. The second-order valence-corrected chi connectivity index (χ2v) is 5.20. The Labute approximate surface area is 83.3 Å². The minimum Gasteiger partial charge on any atom is -0.295 e. The molecular weight excluding hydrogens is 191 g/mol. The molecule has 1 fully saturated rings. The fraction of sp³-hybridized carbons (Fsp3) is 1.00. The highest BCUT2D eigenvalue weighted by atomic mass is 19.4. The van der Waals surface area contributed by atoms with Crippen molar-refractivity contribution in [2.75, 3.05) is 19.6 Å². The van der Waals surface area contributed by atoms with Crippen LogP contribution in [0.2, 0.25) is 0 Å². The van der Waals surface area contributed by atoms with Crippen molar-refractivity contribution in [1.29, 1.82) is 0 Å². The number of hydrogen-bond acceptors (Lipinski definition) is 1. The summed E-state index contributed by atoms with van der Waals surface area (Å²) in [6.07, 6.45) is -3.16. The number of alkyl halides is 3. The van der Waals surface area contributed by atoms with Gasteiger partial charge in [0.25, 0.3) is 0 Å². The van der Waals surface area contributed by atoms with Gasteiger partial charge in [-0.3, -0.25) is 4.90 Å². The molecule has 1 atom stereocenters. The zero-order valence-corrected chi connectivity index (χ0v) is 8.99. The quantitative estimate of drug-likeness (QED) is 0.641. The predicted octanol–water partition coefficient (Wildman–Crippen LogP) is 2.92. The number of rotatable bonds is 1. The molecule has 0 aromatic carbocycles. The molecular formula is C10H18F3N. The van der Waals surface area contributed by atoms with Crippen molar-refractivity contribution >= 4 is 0 Å². The Morgan fingerprint density at radius 3 is 2.14 bits per heavy atom. The van der Waals surface area contributed by atoms with Gasteiger partial charge in [0.15, 0.2) is 0 Å². The third-order valence-electron chi connectivity index (χ3n) is 2.90. The summed E-state index contributed by atoms with van der Waals surface area (Å²) in [5, 5.41) is 0. The number of likely N-dealkylation sites (tertiary alicyclic amines) is 1. The first-order valence-electron chi connectivity index (χ1n) is 4.97. The van der Waals surface area contributed by atoms with Crippen LogP contribution < -0.4 is 0 Å². The lowest BCUT2D eigenvalue weighted by Crippen LogP contribution is -2.33. The van der Waals surface area contributed by atoms with Crippen LogP contribution in [0.15, 0.2) is 0 Å². The molecule has 1 aliphatic heterocycles. The highest BCUT2D eigenvalue weighted by Gasteiger charge is 2.37. The van der Waals surface area contributed by atoms with Crippen LogP contribution in [0.5, 0.6) is 0 Å². The van der Waals surface area contributed by atoms with Gasteiger partial charge in [-0.15, -0.1) is 0 Å². The summed E-state index contributed by atoms with van der Waals surface area (Å²) >= 11 is 0. The van der Waals surface area contributed by atoms with Crippen LogP contribution in [0, 0.1) is 11.3 Å². The molecule has 0 aromatic rings. The number of nitrogens with zero attached hydrogens (tertiary/aromatic N) is 1. The van der Waals surface area contributed by atoms with E-state index in [0.29, 0.717) is 19.0 Å². The Morgan fingerprint density at radius 1 is 1.21 bits per heavy atom. The van der Waals surface area contributed by atoms with Crippen LogP contribution in [0.25, 0.3) is 0 Å². The third kappa shape index (κ3) is 3.48. The normalized spacial score (nSPS) is 25.7. The maximum absolute atomic E-state index is 12.1. The van der Waals surface area contributed by atoms with Gasteiger partial charge in [-0.25, -0.2) is 0 Å². The van der Waals surface area contributed by atoms with Crippen LogP contribution in [-0.2, 0) is 0 Å². The summed E-state index contributed by atoms with van der Waals surface area (Å²) in [7, 11) is 0. The lowest BCUT2D eigenvalue weighted by molar-refractivity contribution is -0.144. The molecule has 4 heteroatoms. The van der Waals surface area contributed by atoms with Crippen LogP contribution in [-0.4, -0.2) is 30.7 Å². The third-order valence-corrected chi connectivity index (χ3v) is 2.90. The Hall–Kier alpha value is -0.250. The lowest BCUT2D eigenvalue weighted by atomic mass is 9.80. The minimum atomic E-state index is -4.05. The monoisotopic (exact) mass is 209 g/mol. The van der Waals surface area contributed by atoms with E-state index >= 15 is 0 Å². The van der Waals surface area contributed by atoms with E-state index in [4.69, 9.17) is 0 Å². The van der Waals surface area contributed by atoms with Crippen LogP contribution in [0.1, 0.15) is 27.2 Å². The average Bonchev–Trinajstić information content (AvgIpc) is 2.29. The molecule has 0 aromatic heterocycles. The first kappa shape index (κ1) is 11.8. The standard InChI is InChI=1S/C10H18F3N/c1-9(2,3)8-4-5-14(6-8)7-10(11,12)13/h8H,4-7H2,1-3H3/t8-/m1/s1. The molecule has 0 amide bonds. The summed E-state index contributed by atoms with van der Waals surface area (Å²) in [5.41, 5.74) is 0.125. The van der Waals surface area contributed by atoms with Crippen molar-refractivity contribution < 1.29 is 13.2 Å². The first-order valence-corrected chi connectivity index (χ1v) is 4.97. The summed E-state index contributed by atoms with van der Waals surface area (Å²) in [5.74, 6) is 0.393. The molecule has 14 heavy (non-hydrogen) atoms. The average molecular weight is 209 g/mol. The summed E-state index contributed by atoms with van der Waals surface area (Å²) < 4.78 is 36.3. The van der Waals surface area contributed by atoms with Gasteiger partial charge in [0.2, 0.25) is 0 Å². The van der Waals surface area contributed by atoms with Gasteiger partial charge in [-0.1, -0.05) is 20.8 Å². The van der Waals surface area contributed by atoms with Crippen LogP contribution in [0.4, 0.5) is 13.2 Å². The van der Waals surface area contributed by atoms with Gasteiger partial charge in [0, 0.05) is 6.54 Å². The van der Waals surface area contributed by atoms with E-state index in [2.05, 4.69) is 20.8 Å². The van der Waals surface area contributed by atoms with Crippen LogP contribution >= 0.6 is 0 Å². The van der Waals surface area contributed by atoms with Gasteiger partial charge in [-0.2, -0.15) is 13.2 Å². The second kappa shape index (κ2) is 3.72. The number of halogens is 3. The Kier molecular flexibility index (Phi) is 3.14. The molecule has 1 nitrogen and oxygen atoms in total. The molecule has 0 bridgehead atoms. The molecule has 1 saturated heterocycles. The van der Waals surface area contributed by atoms with Crippen molar-refractivity contribution in [3.8, 4) is 0 Å². The molecule has 1 aliphatic rings. The van der Waals surface area contributed by atoms with Crippen LogP contribution in [0.3, 0.4) is 0 Å². The van der Waals surface area contributed by atoms with Crippen molar-refractivity contribution in [3.63, 3.8) is 0 Å². The summed E-state index contributed by atoms with van der Waals surface area (Å²) in [6, 6.07) is 0. The topological polar surface area (TPSA) is 3.24 Å². The van der Waals surface area contributed by atoms with Crippen molar-refractivity contribution in [3.05, 3.63) is 0 Å². The van der Waals surface area contributed by atoms with E-state index in [1.165, 1.54) is 4.90 Å². The van der Waals surface area contributed by atoms with Gasteiger partial charge in [-0.05, 0) is 24.3 Å². The summed E-state index contributed by atoms with van der Waals surface area (Å²) in [4.78, 5) is 1.51. The largest absolute Gasteiger partial charge is 0.401 e. The highest BCUT2D eigenvalue weighted by Crippen LogP contribution is 2.34. The Balaban J connectivity index is 2.42. The van der Waals surface area contributed by atoms with E-state index in [0.717, 1.165) is 6.42 Å². The molecule has 0 spiro atoms. The summed E-state index contributed by atoms with van der Waals surface area (Å²) in [6.45, 7) is 6.70. The SMILES string of the molecule is CC(C)(C)[C@@H]1CCN(CC(F)(F)F)C1. The fourth-order valence-electron chi connectivity index (χ4n) is 1.94. The maximum Gasteiger partial charge on any atom is 0.401 e.